The van der Waals surface area contributed by atoms with Crippen LogP contribution in [0.3, 0.4) is 0 Å². The number of nitrogens with zero attached hydrogens (tertiary/aromatic N) is 1. The van der Waals surface area contributed by atoms with Crippen molar-refractivity contribution >= 4 is 23.6 Å². The molecule has 0 aliphatic rings. The molecule has 5 heteroatoms. The third kappa shape index (κ3) is 7.74. The van der Waals surface area contributed by atoms with E-state index >= 15 is 0 Å². The summed E-state index contributed by atoms with van der Waals surface area (Å²) in [5, 5.41) is 2.95. The molecule has 0 heterocycles. The van der Waals surface area contributed by atoms with E-state index in [1.807, 2.05) is 85.8 Å². The maximum absolute atomic E-state index is 13.8. The van der Waals surface area contributed by atoms with Crippen LogP contribution in [0.25, 0.3) is 6.08 Å². The number of amides is 2. The second-order valence-electron chi connectivity index (χ2n) is 8.91. The summed E-state index contributed by atoms with van der Waals surface area (Å²) in [5.74, 6) is -0.652. The van der Waals surface area contributed by atoms with Gasteiger partial charge in [0.1, 0.15) is 5.82 Å². The fraction of sp³-hybridized carbons (Fsp3) is 0.125. The van der Waals surface area contributed by atoms with E-state index in [0.29, 0.717) is 17.8 Å². The Hall–Kier alpha value is -4.51. The lowest BCUT2D eigenvalue weighted by Gasteiger charge is -2.22. The molecule has 0 aliphatic carbocycles. The van der Waals surface area contributed by atoms with E-state index < -0.39 is 0 Å². The molecule has 0 radical (unpaired) electrons. The Labute approximate surface area is 217 Å². The smallest absolute Gasteiger partial charge is 0.251 e. The Balaban J connectivity index is 1.46. The second kappa shape index (κ2) is 12.5. The highest BCUT2D eigenvalue weighted by Gasteiger charge is 2.15. The first-order chi connectivity index (χ1) is 18.0. The van der Waals surface area contributed by atoms with E-state index in [4.69, 9.17) is 0 Å². The van der Waals surface area contributed by atoms with Crippen molar-refractivity contribution in [2.75, 3.05) is 4.90 Å². The van der Waals surface area contributed by atoms with Gasteiger partial charge in [0.25, 0.3) is 5.91 Å². The molecule has 4 rings (SSSR count). The topological polar surface area (TPSA) is 49.4 Å². The van der Waals surface area contributed by atoms with Crippen molar-refractivity contribution in [3.05, 3.63) is 143 Å². The van der Waals surface area contributed by atoms with Crippen LogP contribution in [0.15, 0.2) is 109 Å². The van der Waals surface area contributed by atoms with E-state index in [9.17, 15) is 14.0 Å². The Bertz CT molecular complexity index is 1380. The molecule has 0 unspecified atom stereocenters. The van der Waals surface area contributed by atoms with Crippen molar-refractivity contribution in [1.29, 1.82) is 0 Å². The zero-order valence-corrected chi connectivity index (χ0v) is 20.7. The van der Waals surface area contributed by atoms with Gasteiger partial charge in [0.15, 0.2) is 0 Å². The van der Waals surface area contributed by atoms with Crippen LogP contribution < -0.4 is 10.2 Å². The highest BCUT2D eigenvalue weighted by atomic mass is 19.1. The Morgan fingerprint density at radius 2 is 1.54 bits per heavy atom. The van der Waals surface area contributed by atoms with E-state index in [0.717, 1.165) is 22.3 Å². The minimum atomic E-state index is -0.350. The highest BCUT2D eigenvalue weighted by Crippen LogP contribution is 2.20. The van der Waals surface area contributed by atoms with Crippen LogP contribution in [0, 0.1) is 12.7 Å². The highest BCUT2D eigenvalue weighted by molar-refractivity contribution is 6.03. The van der Waals surface area contributed by atoms with Gasteiger partial charge < -0.3 is 10.2 Å². The van der Waals surface area contributed by atoms with Crippen LogP contribution in [0.5, 0.6) is 0 Å². The summed E-state index contributed by atoms with van der Waals surface area (Å²) in [7, 11) is 0. The van der Waals surface area contributed by atoms with Gasteiger partial charge in [-0.3, -0.25) is 9.59 Å². The van der Waals surface area contributed by atoms with Crippen molar-refractivity contribution in [3.8, 4) is 0 Å². The van der Waals surface area contributed by atoms with Gasteiger partial charge in [-0.25, -0.2) is 4.39 Å². The second-order valence-corrected chi connectivity index (χ2v) is 8.91. The molecule has 0 aliphatic heterocycles. The normalized spacial score (nSPS) is 10.9. The molecule has 0 bridgehead atoms. The molecule has 1 N–H and O–H groups in total. The first-order valence-electron chi connectivity index (χ1n) is 12.2. The molecule has 0 atom stereocenters. The van der Waals surface area contributed by atoms with Gasteiger partial charge >= 0.3 is 0 Å². The number of anilines is 1. The number of rotatable bonds is 9. The Kier molecular flexibility index (Phi) is 8.61. The molecule has 2 amide bonds. The maximum Gasteiger partial charge on any atom is 0.251 e. The van der Waals surface area contributed by atoms with Crippen molar-refractivity contribution in [2.45, 2.75) is 26.4 Å². The van der Waals surface area contributed by atoms with Crippen molar-refractivity contribution in [2.24, 2.45) is 0 Å². The number of benzene rings is 4. The van der Waals surface area contributed by atoms with Crippen LogP contribution in [-0.4, -0.2) is 11.8 Å². The van der Waals surface area contributed by atoms with Gasteiger partial charge in [0.05, 0.1) is 13.0 Å². The van der Waals surface area contributed by atoms with Crippen molar-refractivity contribution in [3.63, 3.8) is 0 Å². The molecule has 0 saturated carbocycles. The summed E-state index contributed by atoms with van der Waals surface area (Å²) < 4.78 is 13.8. The number of nitrogens with one attached hydrogen (secondary N) is 1. The number of carbonyl (C=O) groups is 2. The number of aryl methyl sites for hydroxylation is 1. The molecule has 0 spiro atoms. The van der Waals surface area contributed by atoms with Gasteiger partial charge in [-0.1, -0.05) is 84.4 Å². The predicted molar refractivity (Wildman–Crippen MR) is 146 cm³/mol. The largest absolute Gasteiger partial charge is 0.352 e. The average molecular weight is 493 g/mol. The monoisotopic (exact) mass is 492 g/mol. The van der Waals surface area contributed by atoms with Gasteiger partial charge in [0, 0.05) is 18.3 Å². The van der Waals surface area contributed by atoms with Crippen LogP contribution in [0.1, 0.15) is 27.8 Å². The van der Waals surface area contributed by atoms with Crippen LogP contribution in [0.4, 0.5) is 10.1 Å². The number of halogens is 1. The molecular formula is C32H29FN2O2. The van der Waals surface area contributed by atoms with E-state index in [-0.39, 0.29) is 30.6 Å². The van der Waals surface area contributed by atoms with Crippen LogP contribution in [0.2, 0.25) is 0 Å². The summed E-state index contributed by atoms with van der Waals surface area (Å²) in [6.07, 6.45) is 3.51. The minimum absolute atomic E-state index is 0.0762. The third-order valence-corrected chi connectivity index (χ3v) is 5.90. The van der Waals surface area contributed by atoms with Crippen molar-refractivity contribution in [1.82, 2.24) is 5.32 Å². The standard InChI is InChI=1S/C32H29FN2O2/c1-24-7-5-10-27(19-24)22-34-31(36)21-26-13-16-30(17-14-26)35(23-28-11-6-12-29(33)20-28)32(37)18-15-25-8-3-2-4-9-25/h2-20H,21-23H2,1H3,(H,34,36). The molecular weight excluding hydrogens is 463 g/mol. The lowest BCUT2D eigenvalue weighted by molar-refractivity contribution is -0.120. The van der Waals surface area contributed by atoms with Crippen LogP contribution >= 0.6 is 0 Å². The molecule has 0 fully saturated rings. The molecule has 0 saturated heterocycles. The van der Waals surface area contributed by atoms with E-state index in [2.05, 4.69) is 5.32 Å². The fourth-order valence-electron chi connectivity index (χ4n) is 4.00. The molecule has 0 aromatic heterocycles. The minimum Gasteiger partial charge on any atom is -0.352 e. The quantitative estimate of drug-likeness (QED) is 0.281. The molecule has 186 valence electrons. The van der Waals surface area contributed by atoms with Gasteiger partial charge in [-0.2, -0.15) is 0 Å². The molecule has 4 aromatic carbocycles. The van der Waals surface area contributed by atoms with E-state index in [1.165, 1.54) is 18.2 Å². The first kappa shape index (κ1) is 25.6. The van der Waals surface area contributed by atoms with Gasteiger partial charge in [-0.15, -0.1) is 0 Å². The number of hydrogen-bond acceptors (Lipinski definition) is 2. The lowest BCUT2D eigenvalue weighted by Crippen LogP contribution is -2.29. The number of carbonyl (C=O) groups excluding carboxylic acids is 2. The first-order valence-corrected chi connectivity index (χ1v) is 12.2. The lowest BCUT2D eigenvalue weighted by atomic mass is 10.1. The zero-order chi connectivity index (χ0) is 26.0. The average Bonchev–Trinajstić information content (AvgIpc) is 2.90. The van der Waals surface area contributed by atoms with Gasteiger partial charge in [0.2, 0.25) is 5.91 Å². The van der Waals surface area contributed by atoms with Crippen molar-refractivity contribution < 1.29 is 14.0 Å². The summed E-state index contributed by atoms with van der Waals surface area (Å²) >= 11 is 0. The Morgan fingerprint density at radius 3 is 2.27 bits per heavy atom. The molecule has 4 aromatic rings. The molecule has 4 nitrogen and oxygen atoms in total. The number of hydrogen-bond donors (Lipinski definition) is 1. The zero-order valence-electron chi connectivity index (χ0n) is 20.7. The summed E-state index contributed by atoms with van der Waals surface area (Å²) in [6.45, 7) is 2.71. The third-order valence-electron chi connectivity index (χ3n) is 5.90. The predicted octanol–water partition coefficient (Wildman–Crippen LogP) is 6.24. The van der Waals surface area contributed by atoms with Gasteiger partial charge in [-0.05, 0) is 59.5 Å². The molecule has 37 heavy (non-hydrogen) atoms. The summed E-state index contributed by atoms with van der Waals surface area (Å²) in [5.41, 5.74) is 5.30. The Morgan fingerprint density at radius 1 is 0.811 bits per heavy atom. The maximum atomic E-state index is 13.8. The van der Waals surface area contributed by atoms with E-state index in [1.54, 1.807) is 23.1 Å². The van der Waals surface area contributed by atoms with Crippen LogP contribution in [-0.2, 0) is 29.1 Å². The fourth-order valence-corrected chi connectivity index (χ4v) is 4.00. The summed E-state index contributed by atoms with van der Waals surface area (Å²) in [4.78, 5) is 27.3. The summed E-state index contributed by atoms with van der Waals surface area (Å²) in [6, 6.07) is 31.1. The SMILES string of the molecule is Cc1cccc(CNC(=O)Cc2ccc(N(Cc3cccc(F)c3)C(=O)C=Cc3ccccc3)cc2)c1.